The number of amides is 3. The monoisotopic (exact) mass is 991 g/mol. The summed E-state index contributed by atoms with van der Waals surface area (Å²) < 4.78 is 18.1. The van der Waals surface area contributed by atoms with E-state index in [-0.39, 0.29) is 60.7 Å². The SMILES string of the molecule is Cc1ncsc1-c1ccc(C(C)NC(=O)[C@@H]2C[C@@H](O)CN2C(=O)C(c2cc(OCCN3CCN(c4ccc(C(=O)NC5C(C)(C)C(Oc6ccc(C#N)c(Cl)c6)C5(C)C)cn4)CC3)no2)C(C)C)cc1. The number of rotatable bonds is 16. The van der Waals surface area contributed by atoms with Gasteiger partial charge in [-0.1, -0.05) is 77.4 Å². The van der Waals surface area contributed by atoms with Crippen LogP contribution in [0.15, 0.2) is 76.9 Å². The molecule has 1 saturated carbocycles. The van der Waals surface area contributed by atoms with Crippen LogP contribution >= 0.6 is 22.9 Å². The van der Waals surface area contributed by atoms with Gasteiger partial charge in [0.2, 0.25) is 11.8 Å². The number of aromatic nitrogens is 3. The lowest BCUT2D eigenvalue weighted by molar-refractivity contribution is -0.164. The number of carbonyl (C=O) groups is 3. The van der Waals surface area contributed by atoms with Crippen LogP contribution in [-0.4, -0.2) is 118 Å². The number of halogens is 1. The van der Waals surface area contributed by atoms with E-state index in [2.05, 4.69) is 69.3 Å². The summed E-state index contributed by atoms with van der Waals surface area (Å²) in [5, 5.41) is 30.7. The number of ether oxygens (including phenoxy) is 2. The van der Waals surface area contributed by atoms with Gasteiger partial charge in [0.15, 0.2) is 5.76 Å². The van der Waals surface area contributed by atoms with Crippen molar-refractivity contribution in [3.05, 3.63) is 106 Å². The highest BCUT2D eigenvalue weighted by atomic mass is 35.5. The number of aliphatic hydroxyl groups excluding tert-OH is 1. The number of aryl methyl sites for hydroxylation is 1. The maximum absolute atomic E-state index is 14.2. The number of benzene rings is 2. The molecule has 3 aromatic heterocycles. The van der Waals surface area contributed by atoms with Crippen LogP contribution in [0, 0.1) is 35.0 Å². The first-order valence-electron chi connectivity index (χ1n) is 23.8. The Hall–Kier alpha value is -6.06. The van der Waals surface area contributed by atoms with E-state index in [0.717, 1.165) is 53.7 Å². The number of piperazine rings is 1. The number of likely N-dealkylation sites (tertiary alicyclic amines) is 1. The molecule has 2 saturated heterocycles. The van der Waals surface area contributed by atoms with E-state index in [1.54, 1.807) is 41.8 Å². The van der Waals surface area contributed by atoms with Crippen molar-refractivity contribution in [1.29, 1.82) is 5.26 Å². The lowest BCUT2D eigenvalue weighted by Gasteiger charge is -2.63. The first-order chi connectivity index (χ1) is 33.3. The molecule has 5 aromatic rings. The topological polar surface area (TPSA) is 199 Å². The van der Waals surface area contributed by atoms with Crippen LogP contribution in [-0.2, 0) is 9.59 Å². The fraction of sp³-hybridized carbons (Fsp3) is 0.481. The highest BCUT2D eigenvalue weighted by Gasteiger charge is 2.64. The second-order valence-corrected chi connectivity index (χ2v) is 21.4. The van der Waals surface area contributed by atoms with Crippen molar-refractivity contribution in [2.75, 3.05) is 50.8 Å². The molecule has 2 unspecified atom stereocenters. The lowest BCUT2D eigenvalue weighted by atomic mass is 9.49. The molecular formula is C52H62ClN9O7S. The minimum absolute atomic E-state index is 0.0383. The summed E-state index contributed by atoms with van der Waals surface area (Å²) in [5.74, 6) is 0.204. The highest BCUT2D eigenvalue weighted by Crippen LogP contribution is 2.55. The van der Waals surface area contributed by atoms with Gasteiger partial charge in [-0.15, -0.1) is 11.3 Å². The van der Waals surface area contributed by atoms with Crippen LogP contribution < -0.4 is 25.0 Å². The number of hydrogen-bond donors (Lipinski definition) is 3. The van der Waals surface area contributed by atoms with Gasteiger partial charge >= 0.3 is 0 Å². The molecule has 4 atom stereocenters. The Morgan fingerprint density at radius 1 is 1.00 bits per heavy atom. The Kier molecular flexibility index (Phi) is 14.9. The van der Waals surface area contributed by atoms with Crippen LogP contribution in [0.2, 0.25) is 5.02 Å². The quantitative estimate of drug-likeness (QED) is 0.0884. The molecule has 3 aliphatic rings. The van der Waals surface area contributed by atoms with Crippen molar-refractivity contribution >= 4 is 46.5 Å². The van der Waals surface area contributed by atoms with E-state index in [4.69, 9.17) is 25.6 Å². The fourth-order valence-electron chi connectivity index (χ4n) is 10.6. The first-order valence-corrected chi connectivity index (χ1v) is 25.1. The fourth-order valence-corrected chi connectivity index (χ4v) is 11.6. The standard InChI is InChI=1S/C52H62ClN9O7S/c1-30(2)44(48(66)62-28-37(63)23-40(62)47(65)57-31(3)33-9-11-34(12-10-33)45-32(4)56-29-70-45)41-25-43(59-69-41)67-22-21-60-17-19-61(20-18-60)42-16-14-36(27-55-42)46(64)58-49-51(5,6)50(52(49,7)8)68-38-15-13-35(26-54)39(53)24-38/h9-16,24-25,27,29-31,37,40,44,49-50,63H,17-23,28H2,1-8H3,(H,57,65)(H,58,64)/t31?,37-,40+,44?,49?,50?/m1/s1. The van der Waals surface area contributed by atoms with Gasteiger partial charge in [-0.05, 0) is 60.3 Å². The number of nitriles is 1. The average Bonchev–Trinajstić information content (AvgIpc) is 4.10. The maximum atomic E-state index is 14.2. The largest absolute Gasteiger partial charge is 0.489 e. The number of nitrogens with one attached hydrogen (secondary N) is 2. The number of thiazole rings is 1. The molecule has 2 aromatic carbocycles. The van der Waals surface area contributed by atoms with E-state index in [1.165, 1.54) is 4.90 Å². The predicted molar refractivity (Wildman–Crippen MR) is 267 cm³/mol. The molecule has 1 aliphatic carbocycles. The van der Waals surface area contributed by atoms with E-state index in [0.29, 0.717) is 40.8 Å². The predicted octanol–water partition coefficient (Wildman–Crippen LogP) is 7.42. The summed E-state index contributed by atoms with van der Waals surface area (Å²) in [6.07, 6.45) is 0.706. The number of pyridine rings is 1. The molecule has 18 heteroatoms. The number of nitrogens with zero attached hydrogens (tertiary/aromatic N) is 7. The number of β-amino-alcohol motifs (C(OH)–C–C–N with tert-alkyl or cyclic N) is 1. The molecule has 70 heavy (non-hydrogen) atoms. The normalized spacial score (nSPS) is 21.6. The molecule has 0 bridgehead atoms. The maximum Gasteiger partial charge on any atom is 0.254 e. The Morgan fingerprint density at radius 3 is 2.36 bits per heavy atom. The molecule has 0 radical (unpaired) electrons. The van der Waals surface area contributed by atoms with Crippen LogP contribution in [0.1, 0.15) is 99.8 Å². The Labute approximate surface area is 418 Å². The molecule has 2 aliphatic heterocycles. The van der Waals surface area contributed by atoms with Gasteiger partial charge in [0.25, 0.3) is 11.8 Å². The third-order valence-electron chi connectivity index (χ3n) is 14.2. The highest BCUT2D eigenvalue weighted by molar-refractivity contribution is 7.13. The summed E-state index contributed by atoms with van der Waals surface area (Å²) in [6, 6.07) is 19.1. The summed E-state index contributed by atoms with van der Waals surface area (Å²) in [7, 11) is 0. The summed E-state index contributed by atoms with van der Waals surface area (Å²) in [5.41, 5.74) is 4.85. The average molecular weight is 993 g/mol. The Bertz CT molecular complexity index is 2690. The van der Waals surface area contributed by atoms with Crippen LogP contribution in [0.3, 0.4) is 0 Å². The molecule has 0 spiro atoms. The number of anilines is 1. The van der Waals surface area contributed by atoms with Crippen molar-refractivity contribution < 1.29 is 33.5 Å². The molecule has 370 valence electrons. The zero-order valence-corrected chi connectivity index (χ0v) is 42.5. The van der Waals surface area contributed by atoms with Crippen LogP contribution in [0.5, 0.6) is 11.6 Å². The van der Waals surface area contributed by atoms with E-state index in [1.807, 2.05) is 69.6 Å². The minimum Gasteiger partial charge on any atom is -0.489 e. The Balaban J connectivity index is 0.786. The molecule has 3 fully saturated rings. The Morgan fingerprint density at radius 2 is 1.73 bits per heavy atom. The minimum atomic E-state index is -0.843. The van der Waals surface area contributed by atoms with Gasteiger partial charge in [-0.2, -0.15) is 5.26 Å². The van der Waals surface area contributed by atoms with Crippen molar-refractivity contribution in [3.63, 3.8) is 0 Å². The lowest BCUT2D eigenvalue weighted by Crippen LogP contribution is -2.74. The zero-order valence-electron chi connectivity index (χ0n) is 40.9. The molecule has 16 nitrogen and oxygen atoms in total. The number of hydrogen-bond acceptors (Lipinski definition) is 14. The van der Waals surface area contributed by atoms with Crippen molar-refractivity contribution in [2.45, 2.75) is 98.1 Å². The molecule has 3 N–H and O–H groups in total. The van der Waals surface area contributed by atoms with Gasteiger partial charge in [-0.3, -0.25) is 19.3 Å². The second kappa shape index (κ2) is 20.7. The number of aliphatic hydroxyl groups is 1. The van der Waals surface area contributed by atoms with Crippen LogP contribution in [0.25, 0.3) is 10.4 Å². The number of carbonyl (C=O) groups excluding carboxylic acids is 3. The smallest absolute Gasteiger partial charge is 0.254 e. The van der Waals surface area contributed by atoms with Crippen molar-refractivity contribution in [1.82, 2.24) is 35.6 Å². The van der Waals surface area contributed by atoms with Gasteiger partial charge in [0.05, 0.1) is 44.4 Å². The van der Waals surface area contributed by atoms with E-state index >= 15 is 0 Å². The molecular weight excluding hydrogens is 930 g/mol. The van der Waals surface area contributed by atoms with Crippen molar-refractivity contribution in [2.24, 2.45) is 16.7 Å². The summed E-state index contributed by atoms with van der Waals surface area (Å²) in [6.45, 7) is 20.1. The van der Waals surface area contributed by atoms with Gasteiger partial charge in [-0.25, -0.2) is 9.97 Å². The molecule has 3 amide bonds. The summed E-state index contributed by atoms with van der Waals surface area (Å²) in [4.78, 5) is 57.5. The van der Waals surface area contributed by atoms with Gasteiger partial charge in [0, 0.05) is 80.9 Å². The van der Waals surface area contributed by atoms with Gasteiger partial charge < -0.3 is 39.5 Å². The van der Waals surface area contributed by atoms with E-state index in [9.17, 15) is 24.8 Å². The third kappa shape index (κ3) is 10.5. The van der Waals surface area contributed by atoms with Crippen molar-refractivity contribution in [3.8, 4) is 28.1 Å². The van der Waals surface area contributed by atoms with E-state index < -0.39 is 28.9 Å². The van der Waals surface area contributed by atoms with Gasteiger partial charge in [0.1, 0.15) is 42.3 Å². The first kappa shape index (κ1) is 50.3. The third-order valence-corrected chi connectivity index (χ3v) is 15.5. The summed E-state index contributed by atoms with van der Waals surface area (Å²) >= 11 is 7.84. The van der Waals surface area contributed by atoms with Crippen LogP contribution in [0.4, 0.5) is 5.82 Å². The second-order valence-electron chi connectivity index (χ2n) is 20.2. The molecule has 8 rings (SSSR count). The molecule has 5 heterocycles. The zero-order chi connectivity index (χ0) is 50.1.